The minimum atomic E-state index is -0.571. The van der Waals surface area contributed by atoms with Crippen LogP contribution in [0.1, 0.15) is 0 Å². The first-order chi connectivity index (χ1) is 6.11. The molecule has 0 saturated heterocycles. The van der Waals surface area contributed by atoms with Gasteiger partial charge in [0, 0.05) is 27.8 Å². The van der Waals surface area contributed by atoms with Crippen LogP contribution in [0.25, 0.3) is 0 Å². The summed E-state index contributed by atoms with van der Waals surface area (Å²) in [5, 5.41) is 11.6. The lowest BCUT2D eigenvalue weighted by Gasteiger charge is -2.16. The maximum atomic E-state index is 10.8. The molecule has 0 saturated carbocycles. The number of carbonyl (C=O) groups excluding carboxylic acids is 1. The Kier molecular flexibility index (Phi) is 6.21. The first kappa shape index (κ1) is 12.2. The summed E-state index contributed by atoms with van der Waals surface area (Å²) in [6.45, 7) is 0.694. The number of amides is 2. The van der Waals surface area contributed by atoms with Crippen molar-refractivity contribution in [3.8, 4) is 0 Å². The molecule has 0 aromatic heterocycles. The van der Waals surface area contributed by atoms with Crippen LogP contribution in [0.3, 0.4) is 0 Å². The fourth-order valence-corrected chi connectivity index (χ4v) is 0.712. The molecule has 0 aromatic carbocycles. The molecule has 6 nitrogen and oxygen atoms in total. The topological polar surface area (TPSA) is 71.0 Å². The number of nitrogens with zero attached hydrogens (tertiary/aromatic N) is 1. The third-order valence-corrected chi connectivity index (χ3v) is 1.46. The van der Waals surface area contributed by atoms with Crippen molar-refractivity contribution in [2.75, 3.05) is 34.4 Å². The van der Waals surface area contributed by atoms with Gasteiger partial charge >= 0.3 is 6.03 Å². The fourth-order valence-electron chi connectivity index (χ4n) is 0.712. The van der Waals surface area contributed by atoms with E-state index in [9.17, 15) is 4.79 Å². The minimum absolute atomic E-state index is 0.200. The number of nitrogens with one attached hydrogen (secondary N) is 1. The standard InChI is InChI=1S/C7H16N2O4/c1-9(11)7(10)8-4-6(13-3)5-12-2/h6,11H,4-5H2,1-3H3,(H,8,10). The monoisotopic (exact) mass is 192 g/mol. The van der Waals surface area contributed by atoms with Gasteiger partial charge in [0.15, 0.2) is 0 Å². The molecule has 1 atom stereocenters. The summed E-state index contributed by atoms with van der Waals surface area (Å²) < 4.78 is 9.82. The maximum absolute atomic E-state index is 10.8. The lowest BCUT2D eigenvalue weighted by Crippen LogP contribution is -2.41. The molecule has 0 rings (SSSR count). The molecule has 0 radical (unpaired) electrons. The van der Waals surface area contributed by atoms with Gasteiger partial charge in [0.2, 0.25) is 0 Å². The zero-order valence-corrected chi connectivity index (χ0v) is 8.11. The van der Waals surface area contributed by atoms with Gasteiger partial charge in [0.05, 0.1) is 12.7 Å². The normalized spacial score (nSPS) is 12.3. The second-order valence-electron chi connectivity index (χ2n) is 2.52. The van der Waals surface area contributed by atoms with E-state index in [1.165, 1.54) is 14.2 Å². The van der Waals surface area contributed by atoms with Crippen LogP contribution in [0.2, 0.25) is 0 Å². The Morgan fingerprint density at radius 2 is 2.23 bits per heavy atom. The largest absolute Gasteiger partial charge is 0.382 e. The van der Waals surface area contributed by atoms with Crippen molar-refractivity contribution in [3.05, 3.63) is 0 Å². The summed E-state index contributed by atoms with van der Waals surface area (Å²) in [6.07, 6.45) is -0.200. The van der Waals surface area contributed by atoms with Crippen LogP contribution in [0.5, 0.6) is 0 Å². The SMILES string of the molecule is COCC(CNC(=O)N(C)O)OC. The smallest absolute Gasteiger partial charge is 0.340 e. The van der Waals surface area contributed by atoms with Crippen molar-refractivity contribution in [1.82, 2.24) is 10.4 Å². The van der Waals surface area contributed by atoms with E-state index in [4.69, 9.17) is 14.7 Å². The Hall–Kier alpha value is -0.850. The fraction of sp³-hybridized carbons (Fsp3) is 0.857. The molecule has 0 aliphatic rings. The van der Waals surface area contributed by atoms with Crippen LogP contribution in [-0.4, -0.2) is 56.8 Å². The number of hydroxylamine groups is 2. The Balaban J connectivity index is 3.65. The predicted octanol–water partition coefficient (Wildman–Crippen LogP) is -0.322. The predicted molar refractivity (Wildman–Crippen MR) is 45.6 cm³/mol. The summed E-state index contributed by atoms with van der Waals surface area (Å²) >= 11 is 0. The lowest BCUT2D eigenvalue weighted by molar-refractivity contribution is -0.0218. The molecule has 0 bridgehead atoms. The van der Waals surface area contributed by atoms with E-state index in [1.54, 1.807) is 7.11 Å². The Morgan fingerprint density at radius 1 is 1.62 bits per heavy atom. The number of hydrogen-bond acceptors (Lipinski definition) is 4. The summed E-state index contributed by atoms with van der Waals surface area (Å²) in [4.78, 5) is 10.8. The number of rotatable bonds is 5. The molecule has 0 fully saturated rings. The maximum Gasteiger partial charge on any atom is 0.340 e. The zero-order valence-electron chi connectivity index (χ0n) is 8.11. The molecule has 6 heteroatoms. The van der Waals surface area contributed by atoms with Crippen molar-refractivity contribution in [2.45, 2.75) is 6.10 Å². The van der Waals surface area contributed by atoms with E-state index >= 15 is 0 Å². The van der Waals surface area contributed by atoms with Crippen molar-refractivity contribution >= 4 is 6.03 Å². The second kappa shape index (κ2) is 6.64. The average molecular weight is 192 g/mol. The summed E-state index contributed by atoms with van der Waals surface area (Å²) in [5.41, 5.74) is 0. The molecule has 0 aliphatic carbocycles. The number of hydrogen-bond donors (Lipinski definition) is 2. The van der Waals surface area contributed by atoms with E-state index in [-0.39, 0.29) is 6.10 Å². The molecule has 0 spiro atoms. The van der Waals surface area contributed by atoms with Gasteiger partial charge in [-0.3, -0.25) is 5.21 Å². The lowest BCUT2D eigenvalue weighted by atomic mass is 10.4. The van der Waals surface area contributed by atoms with E-state index < -0.39 is 6.03 Å². The molecular formula is C7H16N2O4. The summed E-state index contributed by atoms with van der Waals surface area (Å²) in [6, 6.07) is -0.571. The van der Waals surface area contributed by atoms with E-state index in [0.29, 0.717) is 18.2 Å². The first-order valence-electron chi connectivity index (χ1n) is 3.84. The Morgan fingerprint density at radius 3 is 2.62 bits per heavy atom. The van der Waals surface area contributed by atoms with Crippen LogP contribution in [0.15, 0.2) is 0 Å². The Bertz CT molecular complexity index is 151. The molecule has 0 heterocycles. The van der Waals surface area contributed by atoms with Gasteiger partial charge in [0.1, 0.15) is 0 Å². The Labute approximate surface area is 77.4 Å². The average Bonchev–Trinajstić information content (AvgIpc) is 2.11. The second-order valence-corrected chi connectivity index (χ2v) is 2.52. The van der Waals surface area contributed by atoms with Gasteiger partial charge in [-0.25, -0.2) is 9.86 Å². The van der Waals surface area contributed by atoms with E-state index in [0.717, 1.165) is 0 Å². The van der Waals surface area contributed by atoms with Gasteiger partial charge in [-0.2, -0.15) is 0 Å². The van der Waals surface area contributed by atoms with Crippen molar-refractivity contribution in [1.29, 1.82) is 0 Å². The van der Waals surface area contributed by atoms with Crippen molar-refractivity contribution in [2.24, 2.45) is 0 Å². The van der Waals surface area contributed by atoms with E-state index in [2.05, 4.69) is 5.32 Å². The highest BCUT2D eigenvalue weighted by molar-refractivity contribution is 5.72. The highest BCUT2D eigenvalue weighted by atomic mass is 16.5. The summed E-state index contributed by atoms with van der Waals surface area (Å²) in [7, 11) is 4.32. The van der Waals surface area contributed by atoms with Gasteiger partial charge < -0.3 is 14.8 Å². The third kappa shape index (κ3) is 5.40. The highest BCUT2D eigenvalue weighted by Crippen LogP contribution is 1.89. The summed E-state index contributed by atoms with van der Waals surface area (Å²) in [5.74, 6) is 0. The van der Waals surface area contributed by atoms with Gasteiger partial charge in [0.25, 0.3) is 0 Å². The van der Waals surface area contributed by atoms with Gasteiger partial charge in [-0.15, -0.1) is 0 Å². The molecule has 2 amide bonds. The molecule has 0 aliphatic heterocycles. The van der Waals surface area contributed by atoms with Crippen LogP contribution in [0, 0.1) is 0 Å². The quantitative estimate of drug-likeness (QED) is 0.462. The van der Waals surface area contributed by atoms with Crippen molar-refractivity contribution < 1.29 is 19.5 Å². The third-order valence-electron chi connectivity index (χ3n) is 1.46. The molecular weight excluding hydrogens is 176 g/mol. The van der Waals surface area contributed by atoms with E-state index in [1.807, 2.05) is 0 Å². The number of ether oxygens (including phenoxy) is 2. The van der Waals surface area contributed by atoms with Gasteiger partial charge in [-0.1, -0.05) is 0 Å². The number of methoxy groups -OCH3 is 2. The molecule has 2 N–H and O–H groups in total. The highest BCUT2D eigenvalue weighted by Gasteiger charge is 2.10. The zero-order chi connectivity index (χ0) is 10.3. The number of carbonyl (C=O) groups is 1. The molecule has 0 aromatic rings. The first-order valence-corrected chi connectivity index (χ1v) is 3.84. The molecule has 78 valence electrons. The van der Waals surface area contributed by atoms with Gasteiger partial charge in [-0.05, 0) is 0 Å². The molecule has 13 heavy (non-hydrogen) atoms. The van der Waals surface area contributed by atoms with Crippen LogP contribution in [0.4, 0.5) is 4.79 Å². The van der Waals surface area contributed by atoms with Crippen LogP contribution in [-0.2, 0) is 9.47 Å². The minimum Gasteiger partial charge on any atom is -0.382 e. The van der Waals surface area contributed by atoms with Crippen LogP contribution < -0.4 is 5.32 Å². The number of urea groups is 1. The van der Waals surface area contributed by atoms with Crippen LogP contribution >= 0.6 is 0 Å². The van der Waals surface area contributed by atoms with Crippen molar-refractivity contribution in [3.63, 3.8) is 0 Å². The molecule has 1 unspecified atom stereocenters.